The van der Waals surface area contributed by atoms with E-state index in [0.717, 1.165) is 19.0 Å². The lowest BCUT2D eigenvalue weighted by Gasteiger charge is -2.42. The Bertz CT molecular complexity index is 415. The van der Waals surface area contributed by atoms with Crippen LogP contribution in [0.25, 0.3) is 0 Å². The fourth-order valence-electron chi connectivity index (χ4n) is 3.62. The average molecular weight is 260 g/mol. The van der Waals surface area contributed by atoms with Crippen molar-refractivity contribution < 1.29 is 0 Å². The fourth-order valence-corrected chi connectivity index (χ4v) is 3.62. The summed E-state index contributed by atoms with van der Waals surface area (Å²) in [5, 5.41) is 0. The van der Waals surface area contributed by atoms with Crippen molar-refractivity contribution in [3.05, 3.63) is 29.8 Å². The van der Waals surface area contributed by atoms with Crippen molar-refractivity contribution in [3.8, 4) is 0 Å². The van der Waals surface area contributed by atoms with Crippen molar-refractivity contribution >= 4 is 5.69 Å². The first-order valence-corrected chi connectivity index (χ1v) is 7.52. The van der Waals surface area contributed by atoms with Gasteiger partial charge in [-0.1, -0.05) is 31.9 Å². The molecule has 19 heavy (non-hydrogen) atoms. The summed E-state index contributed by atoms with van der Waals surface area (Å²) in [5.74, 6) is 0.822. The van der Waals surface area contributed by atoms with E-state index in [-0.39, 0.29) is 0 Å². The van der Waals surface area contributed by atoms with Gasteiger partial charge >= 0.3 is 0 Å². The van der Waals surface area contributed by atoms with E-state index in [0.29, 0.717) is 5.41 Å². The van der Waals surface area contributed by atoms with E-state index in [1.807, 2.05) is 0 Å². The summed E-state index contributed by atoms with van der Waals surface area (Å²) in [6.45, 7) is 6.42. The highest BCUT2D eigenvalue weighted by atomic mass is 15.1. The topological polar surface area (TPSA) is 29.3 Å². The summed E-state index contributed by atoms with van der Waals surface area (Å²) < 4.78 is 0. The maximum Gasteiger partial charge on any atom is 0.0366 e. The van der Waals surface area contributed by atoms with E-state index in [1.54, 1.807) is 0 Å². The first kappa shape index (κ1) is 14.4. The molecule has 1 aromatic rings. The Kier molecular flexibility index (Phi) is 4.51. The molecule has 2 rings (SSSR count). The maximum atomic E-state index is 6.13. The Morgan fingerprint density at radius 3 is 2.84 bits per heavy atom. The van der Waals surface area contributed by atoms with Gasteiger partial charge < -0.3 is 10.6 Å². The van der Waals surface area contributed by atoms with Crippen molar-refractivity contribution in [2.45, 2.75) is 39.5 Å². The first-order valence-electron chi connectivity index (χ1n) is 7.52. The van der Waals surface area contributed by atoms with Gasteiger partial charge in [0.1, 0.15) is 0 Å². The molecule has 106 valence electrons. The number of nitrogens with two attached hydrogens (primary N) is 1. The van der Waals surface area contributed by atoms with Crippen LogP contribution < -0.4 is 10.6 Å². The van der Waals surface area contributed by atoms with Crippen LogP contribution in [0.3, 0.4) is 0 Å². The second-order valence-electron chi connectivity index (χ2n) is 6.60. The van der Waals surface area contributed by atoms with Gasteiger partial charge in [0.25, 0.3) is 0 Å². The van der Waals surface area contributed by atoms with Gasteiger partial charge in [0.2, 0.25) is 0 Å². The fraction of sp³-hybridized carbons (Fsp3) is 0.647. The molecule has 0 saturated heterocycles. The van der Waals surface area contributed by atoms with Gasteiger partial charge in [0.05, 0.1) is 0 Å². The number of nitrogens with zero attached hydrogens (tertiary/aromatic N) is 1. The zero-order valence-electron chi connectivity index (χ0n) is 12.7. The molecule has 0 amide bonds. The minimum atomic E-state index is 0.316. The van der Waals surface area contributed by atoms with Crippen molar-refractivity contribution in [1.82, 2.24) is 0 Å². The zero-order valence-corrected chi connectivity index (χ0v) is 12.7. The van der Waals surface area contributed by atoms with Gasteiger partial charge in [-0.2, -0.15) is 0 Å². The molecule has 1 saturated carbocycles. The average Bonchev–Trinajstić information content (AvgIpc) is 2.38. The van der Waals surface area contributed by atoms with Crippen molar-refractivity contribution in [2.24, 2.45) is 17.1 Å². The number of aryl methyl sites for hydroxylation is 1. The summed E-state index contributed by atoms with van der Waals surface area (Å²) in [4.78, 5) is 2.39. The highest BCUT2D eigenvalue weighted by molar-refractivity contribution is 5.47. The van der Waals surface area contributed by atoms with Crippen LogP contribution in [0.5, 0.6) is 0 Å². The monoisotopic (exact) mass is 260 g/mol. The number of rotatable bonds is 4. The molecule has 1 aliphatic rings. The van der Waals surface area contributed by atoms with E-state index in [9.17, 15) is 0 Å². The van der Waals surface area contributed by atoms with Gasteiger partial charge in [-0.25, -0.2) is 0 Å². The summed E-state index contributed by atoms with van der Waals surface area (Å²) in [7, 11) is 2.20. The van der Waals surface area contributed by atoms with Crippen LogP contribution in [-0.4, -0.2) is 20.1 Å². The Morgan fingerprint density at radius 2 is 2.21 bits per heavy atom. The van der Waals surface area contributed by atoms with Crippen LogP contribution in [0.1, 0.15) is 38.2 Å². The van der Waals surface area contributed by atoms with E-state index >= 15 is 0 Å². The second kappa shape index (κ2) is 5.96. The predicted molar refractivity (Wildman–Crippen MR) is 83.6 cm³/mol. The van der Waals surface area contributed by atoms with Gasteiger partial charge in [0, 0.05) is 24.7 Å². The molecule has 0 heterocycles. The van der Waals surface area contributed by atoms with E-state index < -0.39 is 0 Å². The Morgan fingerprint density at radius 1 is 1.42 bits per heavy atom. The van der Waals surface area contributed by atoms with Crippen molar-refractivity contribution in [1.29, 1.82) is 0 Å². The molecule has 0 aromatic heterocycles. The Balaban J connectivity index is 2.09. The first-order chi connectivity index (χ1) is 9.04. The molecule has 2 heteroatoms. The van der Waals surface area contributed by atoms with E-state index in [4.69, 9.17) is 5.73 Å². The Labute approximate surface area is 118 Å². The molecule has 0 radical (unpaired) electrons. The normalized spacial score (nSPS) is 27.3. The lowest BCUT2D eigenvalue weighted by atomic mass is 9.69. The largest absolute Gasteiger partial charge is 0.374 e. The standard InChI is InChI=1S/C17H28N2/c1-14-6-4-8-16(10-14)19(3)13-17(12-18)9-5-7-15(2)11-17/h4,6,8,10,15H,5,7,9,11-13,18H2,1-3H3. The molecule has 1 aromatic carbocycles. The molecule has 1 fully saturated rings. The minimum absolute atomic E-state index is 0.316. The third-order valence-corrected chi connectivity index (χ3v) is 4.63. The Hall–Kier alpha value is -1.02. The lowest BCUT2D eigenvalue weighted by molar-refractivity contribution is 0.161. The molecule has 2 nitrogen and oxygen atoms in total. The van der Waals surface area contributed by atoms with Crippen LogP contribution in [-0.2, 0) is 0 Å². The molecule has 1 aliphatic carbocycles. The molecular formula is C17H28N2. The number of benzene rings is 1. The highest BCUT2D eigenvalue weighted by Crippen LogP contribution is 2.39. The minimum Gasteiger partial charge on any atom is -0.374 e. The van der Waals surface area contributed by atoms with Crippen LogP contribution in [0.2, 0.25) is 0 Å². The molecule has 2 N–H and O–H groups in total. The highest BCUT2D eigenvalue weighted by Gasteiger charge is 2.34. The van der Waals surface area contributed by atoms with Crippen LogP contribution in [0.4, 0.5) is 5.69 Å². The molecule has 2 atom stereocenters. The predicted octanol–water partition coefficient (Wildman–Crippen LogP) is 3.59. The van der Waals surface area contributed by atoms with E-state index in [1.165, 1.54) is 36.9 Å². The number of anilines is 1. The summed E-state index contributed by atoms with van der Waals surface area (Å²) in [6.07, 6.45) is 5.26. The van der Waals surface area contributed by atoms with Crippen LogP contribution in [0, 0.1) is 18.3 Å². The summed E-state index contributed by atoms with van der Waals surface area (Å²) >= 11 is 0. The van der Waals surface area contributed by atoms with Crippen LogP contribution in [0.15, 0.2) is 24.3 Å². The quantitative estimate of drug-likeness (QED) is 0.896. The number of hydrogen-bond acceptors (Lipinski definition) is 2. The van der Waals surface area contributed by atoms with Gasteiger partial charge in [0.15, 0.2) is 0 Å². The smallest absolute Gasteiger partial charge is 0.0366 e. The lowest BCUT2D eigenvalue weighted by Crippen LogP contribution is -2.44. The van der Waals surface area contributed by atoms with Crippen molar-refractivity contribution in [2.75, 3.05) is 25.0 Å². The van der Waals surface area contributed by atoms with Crippen molar-refractivity contribution in [3.63, 3.8) is 0 Å². The molecule has 0 spiro atoms. The summed E-state index contributed by atoms with van der Waals surface area (Å²) in [5.41, 5.74) is 9.08. The molecule has 0 bridgehead atoms. The van der Waals surface area contributed by atoms with Gasteiger partial charge in [-0.15, -0.1) is 0 Å². The second-order valence-corrected chi connectivity index (χ2v) is 6.60. The van der Waals surface area contributed by atoms with Gasteiger partial charge in [-0.05, 0) is 49.9 Å². The molecule has 2 unspecified atom stereocenters. The third kappa shape index (κ3) is 3.50. The summed E-state index contributed by atoms with van der Waals surface area (Å²) in [6, 6.07) is 8.75. The molecule has 0 aliphatic heterocycles. The zero-order chi connectivity index (χ0) is 13.9. The molecular weight excluding hydrogens is 232 g/mol. The SMILES string of the molecule is Cc1cccc(N(C)CC2(CN)CCCC(C)C2)c1. The van der Waals surface area contributed by atoms with E-state index in [2.05, 4.69) is 50.1 Å². The van der Waals surface area contributed by atoms with Gasteiger partial charge in [-0.3, -0.25) is 0 Å². The van der Waals surface area contributed by atoms with Crippen LogP contribution >= 0.6 is 0 Å². The third-order valence-electron chi connectivity index (χ3n) is 4.63. The maximum absolute atomic E-state index is 6.13. The number of hydrogen-bond donors (Lipinski definition) is 1.